The molecule has 2 heterocycles. The van der Waals surface area contributed by atoms with Crippen LogP contribution in [0.3, 0.4) is 0 Å². The van der Waals surface area contributed by atoms with Crippen molar-refractivity contribution in [2.24, 2.45) is 5.92 Å². The molecule has 0 fully saturated rings. The van der Waals surface area contributed by atoms with E-state index in [1.807, 2.05) is 0 Å². The largest absolute Gasteiger partial charge is 0.497 e. The van der Waals surface area contributed by atoms with Gasteiger partial charge in [0.15, 0.2) is 0 Å². The highest BCUT2D eigenvalue weighted by Gasteiger charge is 2.28. The molecule has 1 aliphatic rings. The molecule has 1 aliphatic heterocycles. The lowest BCUT2D eigenvalue weighted by Gasteiger charge is -2.29. The van der Waals surface area contributed by atoms with Gasteiger partial charge >= 0.3 is 0 Å². The molecule has 0 aliphatic carbocycles. The van der Waals surface area contributed by atoms with Gasteiger partial charge in [0.05, 0.1) is 7.11 Å². The van der Waals surface area contributed by atoms with Gasteiger partial charge in [-0.15, -0.1) is 0 Å². The molecule has 140 valence electrons. The highest BCUT2D eigenvalue weighted by Crippen LogP contribution is 2.23. The van der Waals surface area contributed by atoms with Gasteiger partial charge in [0.1, 0.15) is 16.3 Å². The number of fused-ring (bicyclic) bond motifs is 1. The van der Waals surface area contributed by atoms with Crippen molar-refractivity contribution in [3.63, 3.8) is 0 Å². The maximum Gasteiger partial charge on any atom is 0.270 e. The van der Waals surface area contributed by atoms with Gasteiger partial charge in [-0.3, -0.25) is 9.52 Å². The van der Waals surface area contributed by atoms with E-state index in [1.54, 1.807) is 40.8 Å². The topological polar surface area (TPSA) is 80.6 Å². The van der Waals surface area contributed by atoms with Crippen LogP contribution in [0.1, 0.15) is 24.3 Å². The van der Waals surface area contributed by atoms with Crippen LogP contribution in [0.25, 0.3) is 0 Å². The van der Waals surface area contributed by atoms with Gasteiger partial charge in [-0.2, -0.15) is 0 Å². The lowest BCUT2D eigenvalue weighted by molar-refractivity contribution is 0.0683. The summed E-state index contributed by atoms with van der Waals surface area (Å²) in [5.41, 5.74) is 0.842. The van der Waals surface area contributed by atoms with E-state index >= 15 is 0 Å². The van der Waals surface area contributed by atoms with Crippen LogP contribution < -0.4 is 9.46 Å². The highest BCUT2D eigenvalue weighted by atomic mass is 32.2. The maximum atomic E-state index is 12.7. The molecule has 7 nitrogen and oxygen atoms in total. The normalized spacial score (nSPS) is 14.5. The van der Waals surface area contributed by atoms with Crippen molar-refractivity contribution in [1.29, 1.82) is 0 Å². The van der Waals surface area contributed by atoms with Gasteiger partial charge in [0.2, 0.25) is 0 Å². The third-order valence-electron chi connectivity index (χ3n) is 4.23. The molecule has 3 rings (SSSR count). The van der Waals surface area contributed by atoms with Crippen LogP contribution in [-0.4, -0.2) is 44.0 Å². The van der Waals surface area contributed by atoms with E-state index in [0.29, 0.717) is 42.7 Å². The Morgan fingerprint density at radius 3 is 2.50 bits per heavy atom. The molecule has 0 saturated carbocycles. The van der Waals surface area contributed by atoms with Crippen LogP contribution in [0.15, 0.2) is 41.4 Å². The SMILES string of the molecule is COc1ccc(NS(=O)(=O)c2cc3n(c2)CCN(CC(C)C)C3=O)cc1. The number of amides is 1. The Morgan fingerprint density at radius 2 is 1.88 bits per heavy atom. The fourth-order valence-electron chi connectivity index (χ4n) is 2.97. The predicted octanol–water partition coefficient (Wildman–Crippen LogP) is 2.41. The summed E-state index contributed by atoms with van der Waals surface area (Å²) in [4.78, 5) is 14.5. The van der Waals surface area contributed by atoms with Crippen LogP contribution in [0.2, 0.25) is 0 Å². The van der Waals surface area contributed by atoms with E-state index in [0.717, 1.165) is 0 Å². The van der Waals surface area contributed by atoms with Crippen molar-refractivity contribution in [2.45, 2.75) is 25.3 Å². The molecular weight excluding hydrogens is 354 g/mol. The summed E-state index contributed by atoms with van der Waals surface area (Å²) >= 11 is 0. The molecule has 0 radical (unpaired) electrons. The van der Waals surface area contributed by atoms with E-state index in [2.05, 4.69) is 18.6 Å². The summed E-state index contributed by atoms with van der Waals surface area (Å²) < 4.78 is 34.6. The molecule has 0 unspecified atom stereocenters. The van der Waals surface area contributed by atoms with Gasteiger partial charge in [-0.25, -0.2) is 8.42 Å². The van der Waals surface area contributed by atoms with E-state index in [-0.39, 0.29) is 10.8 Å². The summed E-state index contributed by atoms with van der Waals surface area (Å²) in [5.74, 6) is 0.874. The predicted molar refractivity (Wildman–Crippen MR) is 99.0 cm³/mol. The molecule has 8 heteroatoms. The average Bonchev–Trinajstić information content (AvgIpc) is 3.04. The van der Waals surface area contributed by atoms with E-state index < -0.39 is 10.0 Å². The second-order valence-electron chi connectivity index (χ2n) is 6.73. The van der Waals surface area contributed by atoms with Crippen LogP contribution in [0.4, 0.5) is 5.69 Å². The lowest BCUT2D eigenvalue weighted by atomic mass is 10.2. The van der Waals surface area contributed by atoms with E-state index in [1.165, 1.54) is 12.3 Å². The number of benzene rings is 1. The van der Waals surface area contributed by atoms with Crippen molar-refractivity contribution < 1.29 is 17.9 Å². The summed E-state index contributed by atoms with van der Waals surface area (Å²) in [6, 6.07) is 8.05. The number of carbonyl (C=O) groups excluding carboxylic acids is 1. The smallest absolute Gasteiger partial charge is 0.270 e. The minimum atomic E-state index is -3.77. The van der Waals surface area contributed by atoms with E-state index in [4.69, 9.17) is 4.74 Å². The molecule has 1 amide bonds. The first-order chi connectivity index (χ1) is 12.3. The third-order valence-corrected chi connectivity index (χ3v) is 5.58. The number of sulfonamides is 1. The Balaban J connectivity index is 1.82. The van der Waals surface area contributed by atoms with Crippen LogP contribution >= 0.6 is 0 Å². The molecule has 1 aromatic heterocycles. The number of aromatic nitrogens is 1. The number of nitrogens with one attached hydrogen (secondary N) is 1. The van der Waals surface area contributed by atoms with E-state index in [9.17, 15) is 13.2 Å². The lowest BCUT2D eigenvalue weighted by Crippen LogP contribution is -2.41. The minimum Gasteiger partial charge on any atom is -0.497 e. The molecule has 1 aromatic carbocycles. The second kappa shape index (κ2) is 7.03. The maximum absolute atomic E-state index is 12.7. The van der Waals surface area contributed by atoms with Crippen molar-refractivity contribution >= 4 is 21.6 Å². The first kappa shape index (κ1) is 18.3. The molecule has 0 saturated heterocycles. The monoisotopic (exact) mass is 377 g/mol. The molecule has 2 aromatic rings. The fourth-order valence-corrected chi connectivity index (χ4v) is 4.07. The Morgan fingerprint density at radius 1 is 1.19 bits per heavy atom. The van der Waals surface area contributed by atoms with Gasteiger partial charge in [-0.05, 0) is 36.2 Å². The Labute approximate surface area is 153 Å². The second-order valence-corrected chi connectivity index (χ2v) is 8.42. The van der Waals surface area contributed by atoms with Crippen LogP contribution in [0, 0.1) is 5.92 Å². The first-order valence-electron chi connectivity index (χ1n) is 8.46. The Kier molecular flexibility index (Phi) is 4.95. The zero-order valence-electron chi connectivity index (χ0n) is 15.1. The Hall–Kier alpha value is -2.48. The minimum absolute atomic E-state index is 0.0862. The molecule has 26 heavy (non-hydrogen) atoms. The standard InChI is InChI=1S/C18H23N3O4S/c1-13(2)11-21-9-8-20-12-16(10-17(20)18(21)22)26(23,24)19-14-4-6-15(25-3)7-5-14/h4-7,10,12-13,19H,8-9,11H2,1-3H3. The highest BCUT2D eigenvalue weighted by molar-refractivity contribution is 7.92. The van der Waals surface area contributed by atoms with Crippen molar-refractivity contribution in [1.82, 2.24) is 9.47 Å². The number of anilines is 1. The zero-order chi connectivity index (χ0) is 18.9. The van der Waals surface area contributed by atoms with Gasteiger partial charge < -0.3 is 14.2 Å². The van der Waals surface area contributed by atoms with Gasteiger partial charge in [0.25, 0.3) is 15.9 Å². The number of hydrogen-bond donors (Lipinski definition) is 1. The molecular formula is C18H23N3O4S. The van der Waals surface area contributed by atoms with Crippen molar-refractivity contribution in [3.8, 4) is 5.75 Å². The quantitative estimate of drug-likeness (QED) is 0.838. The molecule has 0 atom stereocenters. The summed E-state index contributed by atoms with van der Waals surface area (Å²) in [6.45, 7) is 5.94. The number of methoxy groups -OCH3 is 1. The summed E-state index contributed by atoms with van der Waals surface area (Å²) in [6.07, 6.45) is 1.52. The Bertz CT molecular complexity index is 901. The summed E-state index contributed by atoms with van der Waals surface area (Å²) in [7, 11) is -2.23. The van der Waals surface area contributed by atoms with Gasteiger partial charge in [0, 0.05) is 31.5 Å². The number of rotatable bonds is 6. The number of carbonyl (C=O) groups is 1. The first-order valence-corrected chi connectivity index (χ1v) is 9.95. The number of nitrogens with zero attached hydrogens (tertiary/aromatic N) is 2. The molecule has 1 N–H and O–H groups in total. The molecule has 0 spiro atoms. The number of hydrogen-bond acceptors (Lipinski definition) is 4. The average molecular weight is 377 g/mol. The van der Waals surface area contributed by atoms with Gasteiger partial charge in [-0.1, -0.05) is 13.8 Å². The third kappa shape index (κ3) is 3.70. The van der Waals surface area contributed by atoms with Crippen LogP contribution in [0.5, 0.6) is 5.75 Å². The zero-order valence-corrected chi connectivity index (χ0v) is 15.9. The summed E-state index contributed by atoms with van der Waals surface area (Å²) in [5, 5.41) is 0. The van der Waals surface area contributed by atoms with Crippen molar-refractivity contribution in [3.05, 3.63) is 42.2 Å². The molecule has 0 bridgehead atoms. The number of ether oxygens (including phenoxy) is 1. The van der Waals surface area contributed by atoms with Crippen molar-refractivity contribution in [2.75, 3.05) is 24.9 Å². The van der Waals surface area contributed by atoms with Crippen LogP contribution in [-0.2, 0) is 16.6 Å². The fraction of sp³-hybridized carbons (Fsp3) is 0.389.